The lowest BCUT2D eigenvalue weighted by atomic mass is 10.1. The van der Waals surface area contributed by atoms with E-state index >= 15 is 0 Å². The molecule has 0 saturated heterocycles. The maximum Gasteiger partial charge on any atom is 0.338 e. The van der Waals surface area contributed by atoms with Gasteiger partial charge in [-0.2, -0.15) is 0 Å². The van der Waals surface area contributed by atoms with Gasteiger partial charge in [-0.1, -0.05) is 60.7 Å². The highest BCUT2D eigenvalue weighted by Crippen LogP contribution is 2.14. The lowest BCUT2D eigenvalue weighted by Gasteiger charge is -2.12. The number of anilines is 1. The number of carbonyl (C=O) groups excluding carboxylic acids is 5. The van der Waals surface area contributed by atoms with Crippen LogP contribution in [0.3, 0.4) is 0 Å². The number of esters is 2. The van der Waals surface area contributed by atoms with Gasteiger partial charge in [0.15, 0.2) is 18.5 Å². The zero-order valence-corrected chi connectivity index (χ0v) is 19.6. The van der Waals surface area contributed by atoms with Crippen LogP contribution >= 0.6 is 0 Å². The van der Waals surface area contributed by atoms with Gasteiger partial charge in [0.25, 0.3) is 0 Å². The molecule has 36 heavy (non-hydrogen) atoms. The summed E-state index contributed by atoms with van der Waals surface area (Å²) in [4.78, 5) is 60.7. The number of ether oxygens (including phenoxy) is 2. The van der Waals surface area contributed by atoms with E-state index in [1.165, 1.54) is 31.2 Å². The van der Waals surface area contributed by atoms with Crippen LogP contribution in [0.2, 0.25) is 0 Å². The minimum atomic E-state index is -0.956. The van der Waals surface area contributed by atoms with E-state index in [0.29, 0.717) is 16.8 Å². The predicted octanol–water partition coefficient (Wildman–Crippen LogP) is 4.26. The Hall–Kier alpha value is -4.59. The molecule has 0 bridgehead atoms. The number of carbonyl (C=O) groups is 5. The molecule has 0 aliphatic heterocycles. The van der Waals surface area contributed by atoms with Crippen LogP contribution in [0.15, 0.2) is 84.9 Å². The summed E-state index contributed by atoms with van der Waals surface area (Å²) in [6.45, 7) is 1.11. The van der Waals surface area contributed by atoms with Crippen molar-refractivity contribution in [1.82, 2.24) is 0 Å². The molecule has 3 rings (SSSR count). The molecule has 0 heterocycles. The fourth-order valence-electron chi connectivity index (χ4n) is 3.17. The first-order chi connectivity index (χ1) is 17.3. The van der Waals surface area contributed by atoms with Crippen LogP contribution < -0.4 is 5.32 Å². The second-order valence-corrected chi connectivity index (χ2v) is 7.85. The van der Waals surface area contributed by atoms with E-state index in [4.69, 9.17) is 9.47 Å². The third-order valence-electron chi connectivity index (χ3n) is 5.13. The molecule has 3 aromatic rings. The van der Waals surface area contributed by atoms with Crippen LogP contribution in [0.5, 0.6) is 0 Å². The highest BCUT2D eigenvalue weighted by molar-refractivity contribution is 6.01. The average Bonchev–Trinajstić information content (AvgIpc) is 2.91. The number of hydrogen-bond acceptors (Lipinski definition) is 7. The van der Waals surface area contributed by atoms with Crippen LogP contribution in [0.25, 0.3) is 0 Å². The maximum atomic E-state index is 12.4. The summed E-state index contributed by atoms with van der Waals surface area (Å²) in [6, 6.07) is 22.9. The van der Waals surface area contributed by atoms with Gasteiger partial charge in [0.2, 0.25) is 11.7 Å². The van der Waals surface area contributed by atoms with Crippen molar-refractivity contribution in [3.8, 4) is 0 Å². The lowest BCUT2D eigenvalue weighted by molar-refractivity contribution is -0.143. The molecule has 0 aliphatic carbocycles. The van der Waals surface area contributed by atoms with Crippen LogP contribution in [0.4, 0.5) is 5.69 Å². The first-order valence-corrected chi connectivity index (χ1v) is 11.3. The summed E-state index contributed by atoms with van der Waals surface area (Å²) in [7, 11) is 0. The lowest BCUT2D eigenvalue weighted by Crippen LogP contribution is -2.24. The number of Topliss-reactive ketones (excluding diaryl/α,β-unsaturated/α-hetero) is 2. The monoisotopic (exact) mass is 487 g/mol. The fourth-order valence-corrected chi connectivity index (χ4v) is 3.17. The Bertz CT molecular complexity index is 1220. The summed E-state index contributed by atoms with van der Waals surface area (Å²) >= 11 is 0. The van der Waals surface area contributed by atoms with Crippen molar-refractivity contribution in [2.45, 2.75) is 25.9 Å². The number of hydrogen-bond donors (Lipinski definition) is 1. The van der Waals surface area contributed by atoms with Crippen LogP contribution in [-0.2, 0) is 19.1 Å². The maximum absolute atomic E-state index is 12.4. The first kappa shape index (κ1) is 26.0. The third-order valence-corrected chi connectivity index (χ3v) is 5.13. The van der Waals surface area contributed by atoms with E-state index in [9.17, 15) is 24.0 Å². The second-order valence-electron chi connectivity index (χ2n) is 7.85. The largest absolute Gasteiger partial charge is 0.457 e. The minimum Gasteiger partial charge on any atom is -0.457 e. The van der Waals surface area contributed by atoms with Crippen molar-refractivity contribution < 1.29 is 33.4 Å². The molecule has 0 fully saturated rings. The van der Waals surface area contributed by atoms with Crippen molar-refractivity contribution in [2.75, 3.05) is 11.9 Å². The summed E-state index contributed by atoms with van der Waals surface area (Å²) < 4.78 is 10.2. The Balaban J connectivity index is 1.41. The highest BCUT2D eigenvalue weighted by atomic mass is 16.5. The Morgan fingerprint density at radius 2 is 1.31 bits per heavy atom. The molecule has 3 aromatic carbocycles. The molecule has 0 spiro atoms. The Kier molecular flexibility index (Phi) is 9.22. The molecule has 184 valence electrons. The van der Waals surface area contributed by atoms with Gasteiger partial charge >= 0.3 is 11.9 Å². The molecule has 8 heteroatoms. The molecule has 1 N–H and O–H groups in total. The first-order valence-electron chi connectivity index (χ1n) is 11.3. The van der Waals surface area contributed by atoms with Crippen LogP contribution in [0.1, 0.15) is 50.8 Å². The van der Waals surface area contributed by atoms with Crippen molar-refractivity contribution in [3.05, 3.63) is 102 Å². The van der Waals surface area contributed by atoms with Crippen molar-refractivity contribution >= 4 is 35.1 Å². The second kappa shape index (κ2) is 12.8. The summed E-state index contributed by atoms with van der Waals surface area (Å²) in [5, 5.41) is 2.61. The summed E-state index contributed by atoms with van der Waals surface area (Å²) in [5.74, 6) is -2.40. The predicted molar refractivity (Wildman–Crippen MR) is 132 cm³/mol. The summed E-state index contributed by atoms with van der Waals surface area (Å²) in [5.41, 5.74) is 1.51. The summed E-state index contributed by atoms with van der Waals surface area (Å²) in [6.07, 6.45) is -1.28. The number of amides is 1. The molecular weight excluding hydrogens is 462 g/mol. The quantitative estimate of drug-likeness (QED) is 0.317. The van der Waals surface area contributed by atoms with Gasteiger partial charge in [-0.3, -0.25) is 19.2 Å². The van der Waals surface area contributed by atoms with Gasteiger partial charge in [0.05, 0.1) is 12.0 Å². The van der Waals surface area contributed by atoms with Crippen molar-refractivity contribution in [3.63, 3.8) is 0 Å². The molecule has 8 nitrogen and oxygen atoms in total. The van der Waals surface area contributed by atoms with E-state index in [2.05, 4.69) is 5.32 Å². The van der Waals surface area contributed by atoms with E-state index in [-0.39, 0.29) is 30.0 Å². The van der Waals surface area contributed by atoms with E-state index < -0.39 is 30.6 Å². The normalized spacial score (nSPS) is 11.1. The zero-order valence-electron chi connectivity index (χ0n) is 19.6. The van der Waals surface area contributed by atoms with Gasteiger partial charge < -0.3 is 14.8 Å². The number of ketones is 2. The molecule has 0 saturated carbocycles. The topological polar surface area (TPSA) is 116 Å². The number of nitrogens with one attached hydrogen (secondary N) is 1. The smallest absolute Gasteiger partial charge is 0.338 e. The standard InChI is InChI=1S/C28H25NO7/c1-19(27(33)21-10-6-3-7-11-21)36-28(34)22-12-14-23(15-13-22)29-25(31)16-17-26(32)35-18-24(30)20-8-4-2-5-9-20/h2-15,19H,16-18H2,1H3,(H,29,31)/t19-/m0/s1. The SMILES string of the molecule is C[C@H](OC(=O)c1ccc(NC(=O)CCC(=O)OCC(=O)c2ccccc2)cc1)C(=O)c1ccccc1. The highest BCUT2D eigenvalue weighted by Gasteiger charge is 2.20. The Morgan fingerprint density at radius 1 is 0.722 bits per heavy atom. The van der Waals surface area contributed by atoms with E-state index in [0.717, 1.165) is 0 Å². The molecule has 0 unspecified atom stereocenters. The van der Waals surface area contributed by atoms with Gasteiger partial charge in [0, 0.05) is 23.2 Å². The van der Waals surface area contributed by atoms with E-state index in [1.807, 2.05) is 0 Å². The number of rotatable bonds is 11. The molecular formula is C28H25NO7. The van der Waals surface area contributed by atoms with Crippen LogP contribution in [-0.4, -0.2) is 42.1 Å². The zero-order chi connectivity index (χ0) is 25.9. The number of benzene rings is 3. The van der Waals surface area contributed by atoms with E-state index in [1.54, 1.807) is 60.7 Å². The Labute approximate surface area is 208 Å². The van der Waals surface area contributed by atoms with Gasteiger partial charge in [-0.15, -0.1) is 0 Å². The molecule has 0 aliphatic rings. The van der Waals surface area contributed by atoms with Gasteiger partial charge in [0.1, 0.15) is 0 Å². The van der Waals surface area contributed by atoms with Crippen molar-refractivity contribution in [1.29, 1.82) is 0 Å². The molecule has 0 radical (unpaired) electrons. The molecule has 1 amide bonds. The van der Waals surface area contributed by atoms with Gasteiger partial charge in [-0.25, -0.2) is 4.79 Å². The van der Waals surface area contributed by atoms with Crippen LogP contribution in [0, 0.1) is 0 Å². The minimum absolute atomic E-state index is 0.138. The fraction of sp³-hybridized carbons (Fsp3) is 0.179. The third kappa shape index (κ3) is 7.73. The molecule has 0 aromatic heterocycles. The molecule has 1 atom stereocenters. The average molecular weight is 488 g/mol. The van der Waals surface area contributed by atoms with Crippen molar-refractivity contribution in [2.24, 2.45) is 0 Å². The van der Waals surface area contributed by atoms with Gasteiger partial charge in [-0.05, 0) is 31.2 Å². The Morgan fingerprint density at radius 3 is 1.92 bits per heavy atom.